The Hall–Kier alpha value is -1.89. The predicted molar refractivity (Wildman–Crippen MR) is 125 cm³/mol. The highest BCUT2D eigenvalue weighted by molar-refractivity contribution is 5.97. The van der Waals surface area contributed by atoms with E-state index in [0.29, 0.717) is 12.2 Å². The summed E-state index contributed by atoms with van der Waals surface area (Å²) in [5, 5.41) is 0. The highest BCUT2D eigenvalue weighted by Gasteiger charge is 2.18. The van der Waals surface area contributed by atoms with Crippen LogP contribution in [0.2, 0.25) is 0 Å². The molecule has 0 atom stereocenters. The molecule has 1 heteroatoms. The third-order valence-electron chi connectivity index (χ3n) is 6.38. The van der Waals surface area contributed by atoms with Crippen LogP contribution in [0.15, 0.2) is 36.4 Å². The van der Waals surface area contributed by atoms with Crippen molar-refractivity contribution in [2.24, 2.45) is 0 Å². The van der Waals surface area contributed by atoms with Crippen LogP contribution in [0.4, 0.5) is 0 Å². The Morgan fingerprint density at radius 1 is 0.724 bits per heavy atom. The van der Waals surface area contributed by atoms with Gasteiger partial charge in [0.05, 0.1) is 0 Å². The minimum atomic E-state index is 0.317. The molecule has 1 nitrogen and oxygen atoms in total. The minimum absolute atomic E-state index is 0.317. The van der Waals surface area contributed by atoms with Crippen LogP contribution in [-0.2, 0) is 19.3 Å². The van der Waals surface area contributed by atoms with Crippen molar-refractivity contribution in [2.45, 2.75) is 97.3 Å². The summed E-state index contributed by atoms with van der Waals surface area (Å²) < 4.78 is 0. The second-order valence-corrected chi connectivity index (χ2v) is 8.76. The number of hydrogen-bond acceptors (Lipinski definition) is 1. The fraction of sp³-hybridized carbons (Fsp3) is 0.536. The van der Waals surface area contributed by atoms with Crippen LogP contribution in [-0.4, -0.2) is 5.78 Å². The summed E-state index contributed by atoms with van der Waals surface area (Å²) in [6, 6.07) is 13.5. The Kier molecular flexibility index (Phi) is 8.52. The highest BCUT2D eigenvalue weighted by atomic mass is 16.1. The lowest BCUT2D eigenvalue weighted by atomic mass is 9.83. The van der Waals surface area contributed by atoms with E-state index in [0.717, 1.165) is 24.8 Å². The SMILES string of the molecule is CCCCCCCC(=O)c1ccc2c(c1)CCc1cc(CCCCCC)ccc1-2. The summed E-state index contributed by atoms with van der Waals surface area (Å²) in [4.78, 5) is 12.6. The van der Waals surface area contributed by atoms with Crippen molar-refractivity contribution in [3.8, 4) is 11.1 Å². The molecule has 0 unspecified atom stereocenters. The maximum Gasteiger partial charge on any atom is 0.162 e. The fourth-order valence-corrected chi connectivity index (χ4v) is 4.57. The Bertz CT molecular complexity index is 802. The van der Waals surface area contributed by atoms with Crippen LogP contribution in [0.1, 0.15) is 105 Å². The van der Waals surface area contributed by atoms with Gasteiger partial charge in [0.25, 0.3) is 0 Å². The molecule has 0 spiro atoms. The fourth-order valence-electron chi connectivity index (χ4n) is 4.57. The number of Topliss-reactive ketones (excluding diaryl/α,β-unsaturated/α-hetero) is 1. The zero-order valence-corrected chi connectivity index (χ0v) is 18.6. The van der Waals surface area contributed by atoms with Gasteiger partial charge in [0.2, 0.25) is 0 Å². The first-order chi connectivity index (χ1) is 14.2. The molecule has 0 amide bonds. The van der Waals surface area contributed by atoms with Gasteiger partial charge in [-0.2, -0.15) is 0 Å². The lowest BCUT2D eigenvalue weighted by molar-refractivity contribution is 0.0979. The molecule has 0 radical (unpaired) electrons. The summed E-state index contributed by atoms with van der Waals surface area (Å²) in [6.07, 6.45) is 15.3. The molecule has 2 aromatic rings. The van der Waals surface area contributed by atoms with Crippen molar-refractivity contribution in [3.63, 3.8) is 0 Å². The van der Waals surface area contributed by atoms with Crippen LogP contribution in [0.3, 0.4) is 0 Å². The molecule has 0 saturated carbocycles. The highest BCUT2D eigenvalue weighted by Crippen LogP contribution is 2.35. The molecule has 0 fully saturated rings. The largest absolute Gasteiger partial charge is 0.294 e. The number of aryl methyl sites for hydroxylation is 3. The van der Waals surface area contributed by atoms with Gasteiger partial charge in [0.15, 0.2) is 5.78 Å². The number of benzene rings is 2. The molecule has 2 aromatic carbocycles. The second kappa shape index (κ2) is 11.3. The molecular weight excluding hydrogens is 352 g/mol. The van der Waals surface area contributed by atoms with Gasteiger partial charge in [0, 0.05) is 12.0 Å². The topological polar surface area (TPSA) is 17.1 Å². The van der Waals surface area contributed by atoms with Crippen LogP contribution in [0.25, 0.3) is 11.1 Å². The van der Waals surface area contributed by atoms with Crippen molar-refractivity contribution in [3.05, 3.63) is 58.7 Å². The Balaban J connectivity index is 1.63. The van der Waals surface area contributed by atoms with E-state index in [1.165, 1.54) is 85.6 Å². The Morgan fingerprint density at radius 2 is 1.34 bits per heavy atom. The number of carbonyl (C=O) groups is 1. The van der Waals surface area contributed by atoms with E-state index in [-0.39, 0.29) is 0 Å². The third kappa shape index (κ3) is 6.04. The normalized spacial score (nSPS) is 12.5. The van der Waals surface area contributed by atoms with Gasteiger partial charge in [-0.25, -0.2) is 0 Å². The molecular formula is C28H38O. The van der Waals surface area contributed by atoms with E-state index in [4.69, 9.17) is 0 Å². The predicted octanol–water partition coefficient (Wildman–Crippen LogP) is 8.12. The molecule has 29 heavy (non-hydrogen) atoms. The van der Waals surface area contributed by atoms with Crippen LogP contribution >= 0.6 is 0 Å². The van der Waals surface area contributed by atoms with Crippen molar-refractivity contribution in [1.29, 1.82) is 0 Å². The van der Waals surface area contributed by atoms with E-state index in [2.05, 4.69) is 50.2 Å². The summed E-state index contributed by atoms with van der Waals surface area (Å²) in [5.74, 6) is 0.317. The van der Waals surface area contributed by atoms with Crippen molar-refractivity contribution in [1.82, 2.24) is 0 Å². The average Bonchev–Trinajstić information content (AvgIpc) is 2.75. The zero-order valence-electron chi connectivity index (χ0n) is 18.6. The van der Waals surface area contributed by atoms with Gasteiger partial charge in [-0.05, 0) is 66.0 Å². The molecule has 1 aliphatic carbocycles. The van der Waals surface area contributed by atoms with E-state index < -0.39 is 0 Å². The number of carbonyl (C=O) groups excluding carboxylic acids is 1. The summed E-state index contributed by atoms with van der Waals surface area (Å²) >= 11 is 0. The van der Waals surface area contributed by atoms with Gasteiger partial charge in [-0.3, -0.25) is 4.79 Å². The summed E-state index contributed by atoms with van der Waals surface area (Å²) in [7, 11) is 0. The Labute approximate surface area is 177 Å². The van der Waals surface area contributed by atoms with Gasteiger partial charge >= 0.3 is 0 Å². The summed E-state index contributed by atoms with van der Waals surface area (Å²) in [6.45, 7) is 4.49. The van der Waals surface area contributed by atoms with E-state index in [1.54, 1.807) is 0 Å². The maximum absolute atomic E-state index is 12.6. The van der Waals surface area contributed by atoms with Gasteiger partial charge < -0.3 is 0 Å². The zero-order chi connectivity index (χ0) is 20.5. The van der Waals surface area contributed by atoms with Gasteiger partial charge in [0.1, 0.15) is 0 Å². The molecule has 156 valence electrons. The van der Waals surface area contributed by atoms with Crippen LogP contribution < -0.4 is 0 Å². The summed E-state index contributed by atoms with van der Waals surface area (Å²) in [5.41, 5.74) is 7.95. The average molecular weight is 391 g/mol. The first-order valence-electron chi connectivity index (χ1n) is 12.0. The molecule has 3 rings (SSSR count). The molecule has 1 aliphatic rings. The first kappa shape index (κ1) is 21.8. The van der Waals surface area contributed by atoms with E-state index in [1.807, 2.05) is 0 Å². The van der Waals surface area contributed by atoms with E-state index in [9.17, 15) is 4.79 Å². The number of rotatable bonds is 12. The number of unbranched alkanes of at least 4 members (excludes halogenated alkanes) is 7. The third-order valence-corrected chi connectivity index (χ3v) is 6.38. The smallest absolute Gasteiger partial charge is 0.162 e. The lowest BCUT2D eigenvalue weighted by Crippen LogP contribution is -2.07. The van der Waals surface area contributed by atoms with Gasteiger partial charge in [-0.15, -0.1) is 0 Å². The first-order valence-corrected chi connectivity index (χ1v) is 12.0. The quantitative estimate of drug-likeness (QED) is 0.264. The van der Waals surface area contributed by atoms with Crippen LogP contribution in [0.5, 0.6) is 0 Å². The monoisotopic (exact) mass is 390 g/mol. The molecule has 0 aromatic heterocycles. The molecule has 0 bridgehead atoms. The second-order valence-electron chi connectivity index (χ2n) is 8.76. The van der Waals surface area contributed by atoms with Crippen LogP contribution in [0, 0.1) is 0 Å². The minimum Gasteiger partial charge on any atom is -0.294 e. The Morgan fingerprint density at radius 3 is 2.07 bits per heavy atom. The molecule has 0 aliphatic heterocycles. The number of ketones is 1. The number of fused-ring (bicyclic) bond motifs is 3. The van der Waals surface area contributed by atoms with E-state index >= 15 is 0 Å². The lowest BCUT2D eigenvalue weighted by Gasteiger charge is -2.21. The van der Waals surface area contributed by atoms with Gasteiger partial charge in [-0.1, -0.05) is 89.1 Å². The number of hydrogen-bond donors (Lipinski definition) is 0. The van der Waals surface area contributed by atoms with Crippen molar-refractivity contribution in [2.75, 3.05) is 0 Å². The molecule has 0 saturated heterocycles. The maximum atomic E-state index is 12.6. The standard InChI is InChI=1S/C28H38O/c1-3-5-7-9-11-13-28(29)25-17-19-27-24(21-25)16-15-23-20-22(14-18-26(23)27)12-10-8-6-4-2/h14,17-21H,3-13,15-16H2,1-2H3. The van der Waals surface area contributed by atoms with Crippen molar-refractivity contribution < 1.29 is 4.79 Å². The molecule has 0 heterocycles. The van der Waals surface area contributed by atoms with Crippen molar-refractivity contribution >= 4 is 5.78 Å². The molecule has 0 N–H and O–H groups in total.